The number of hydrogen-bond acceptors (Lipinski definition) is 2. The molecule has 0 aliphatic carbocycles. The third-order valence-corrected chi connectivity index (χ3v) is 1.42. The fraction of sp³-hybridized carbons (Fsp3) is 0.500. The van der Waals surface area contributed by atoms with Crippen LogP contribution >= 0.6 is 12.4 Å². The van der Waals surface area contributed by atoms with Crippen molar-refractivity contribution in [2.24, 2.45) is 0 Å². The maximum atomic E-state index is 12.2. The Balaban J connectivity index is 0.00000121. The van der Waals surface area contributed by atoms with Gasteiger partial charge in [-0.25, -0.2) is 8.78 Å². The van der Waals surface area contributed by atoms with Crippen LogP contribution in [0.4, 0.5) is 14.5 Å². The van der Waals surface area contributed by atoms with Gasteiger partial charge in [0.1, 0.15) is 5.69 Å². The van der Waals surface area contributed by atoms with E-state index in [4.69, 9.17) is 5.73 Å². The number of aryl methyl sites for hydroxylation is 1. The first-order valence-corrected chi connectivity index (χ1v) is 3.26. The summed E-state index contributed by atoms with van der Waals surface area (Å²) in [5.74, 6) is 0. The molecule has 1 rings (SSSR count). The average molecular weight is 198 g/mol. The van der Waals surface area contributed by atoms with E-state index in [1.54, 1.807) is 6.92 Å². The zero-order valence-corrected chi connectivity index (χ0v) is 7.31. The molecule has 0 aliphatic rings. The molecule has 3 nitrogen and oxygen atoms in total. The molecule has 0 unspecified atom stereocenters. The number of alkyl halides is 2. The molecule has 70 valence electrons. The number of halogens is 3. The highest BCUT2D eigenvalue weighted by molar-refractivity contribution is 5.85. The molecule has 1 aromatic heterocycles. The van der Waals surface area contributed by atoms with E-state index in [-0.39, 0.29) is 23.8 Å². The van der Waals surface area contributed by atoms with Crippen LogP contribution in [0.25, 0.3) is 0 Å². The molecule has 0 radical (unpaired) electrons. The maximum Gasteiger partial charge on any atom is 0.282 e. The van der Waals surface area contributed by atoms with Gasteiger partial charge in [0.05, 0.1) is 11.9 Å². The number of nitrogen functional groups attached to an aromatic ring is 1. The van der Waals surface area contributed by atoms with E-state index in [0.717, 1.165) is 0 Å². The Bertz CT molecular complexity index is 249. The maximum absolute atomic E-state index is 12.2. The molecule has 0 saturated carbocycles. The van der Waals surface area contributed by atoms with Crippen LogP contribution in [-0.2, 0) is 6.54 Å². The van der Waals surface area contributed by atoms with Gasteiger partial charge in [-0.1, -0.05) is 0 Å². The minimum Gasteiger partial charge on any atom is -0.396 e. The van der Waals surface area contributed by atoms with E-state index in [9.17, 15) is 8.78 Å². The molecule has 0 fully saturated rings. The average Bonchev–Trinajstić information content (AvgIpc) is 2.30. The van der Waals surface area contributed by atoms with Crippen molar-refractivity contribution in [1.29, 1.82) is 0 Å². The third-order valence-electron chi connectivity index (χ3n) is 1.42. The molecule has 0 atom stereocenters. The molecule has 0 bridgehead atoms. The summed E-state index contributed by atoms with van der Waals surface area (Å²) in [6.45, 7) is 2.15. The van der Waals surface area contributed by atoms with Gasteiger partial charge in [0.2, 0.25) is 0 Å². The van der Waals surface area contributed by atoms with Gasteiger partial charge in [-0.3, -0.25) is 4.68 Å². The molecule has 6 heteroatoms. The second-order valence-corrected chi connectivity index (χ2v) is 2.10. The van der Waals surface area contributed by atoms with Gasteiger partial charge in [0.15, 0.2) is 0 Å². The Hall–Kier alpha value is -0.840. The molecular formula is C6H10ClF2N3. The number of rotatable bonds is 2. The summed E-state index contributed by atoms with van der Waals surface area (Å²) < 4.78 is 25.5. The highest BCUT2D eigenvalue weighted by Crippen LogP contribution is 2.23. The molecule has 0 aromatic carbocycles. The number of nitrogens with two attached hydrogens (primary N) is 1. The Morgan fingerprint density at radius 3 is 2.58 bits per heavy atom. The number of aromatic nitrogens is 2. The largest absolute Gasteiger partial charge is 0.396 e. The van der Waals surface area contributed by atoms with E-state index in [1.807, 2.05) is 0 Å². The van der Waals surface area contributed by atoms with Crippen molar-refractivity contribution in [3.8, 4) is 0 Å². The van der Waals surface area contributed by atoms with Crippen molar-refractivity contribution in [2.45, 2.75) is 19.9 Å². The second-order valence-electron chi connectivity index (χ2n) is 2.10. The number of hydrogen-bond donors (Lipinski definition) is 1. The first kappa shape index (κ1) is 11.2. The van der Waals surface area contributed by atoms with Crippen LogP contribution in [0.1, 0.15) is 19.0 Å². The summed E-state index contributed by atoms with van der Waals surface area (Å²) in [4.78, 5) is 0. The Morgan fingerprint density at radius 2 is 2.25 bits per heavy atom. The second kappa shape index (κ2) is 4.25. The molecule has 2 N–H and O–H groups in total. The predicted octanol–water partition coefficient (Wildman–Crippen LogP) is 1.84. The van der Waals surface area contributed by atoms with Gasteiger partial charge >= 0.3 is 0 Å². The zero-order chi connectivity index (χ0) is 8.43. The molecule has 12 heavy (non-hydrogen) atoms. The lowest BCUT2D eigenvalue weighted by Crippen LogP contribution is -2.04. The minimum absolute atomic E-state index is 0. The van der Waals surface area contributed by atoms with E-state index >= 15 is 0 Å². The topological polar surface area (TPSA) is 43.8 Å². The van der Waals surface area contributed by atoms with Crippen molar-refractivity contribution in [2.75, 3.05) is 5.73 Å². The predicted molar refractivity (Wildman–Crippen MR) is 44.5 cm³/mol. The van der Waals surface area contributed by atoms with Crippen molar-refractivity contribution in [3.05, 3.63) is 11.9 Å². The van der Waals surface area contributed by atoms with Crippen LogP contribution in [0.5, 0.6) is 0 Å². The number of nitrogens with zero attached hydrogens (tertiary/aromatic N) is 2. The van der Waals surface area contributed by atoms with Crippen molar-refractivity contribution in [1.82, 2.24) is 9.78 Å². The van der Waals surface area contributed by atoms with Crippen LogP contribution in [0.2, 0.25) is 0 Å². The molecule has 1 aromatic rings. The molecule has 0 aliphatic heterocycles. The van der Waals surface area contributed by atoms with Gasteiger partial charge in [-0.2, -0.15) is 5.10 Å². The first-order chi connectivity index (χ1) is 5.16. The highest BCUT2D eigenvalue weighted by atomic mass is 35.5. The lowest BCUT2D eigenvalue weighted by atomic mass is 10.4. The van der Waals surface area contributed by atoms with Crippen LogP contribution in [0, 0.1) is 0 Å². The van der Waals surface area contributed by atoms with Crippen LogP contribution in [0.3, 0.4) is 0 Å². The lowest BCUT2D eigenvalue weighted by Gasteiger charge is -2.02. The SMILES string of the molecule is CCn1ncc(N)c1C(F)F.Cl. The van der Waals surface area contributed by atoms with Crippen molar-refractivity contribution >= 4 is 18.1 Å². The molecule has 0 spiro atoms. The summed E-state index contributed by atoms with van der Waals surface area (Å²) in [5.41, 5.74) is 5.12. The zero-order valence-electron chi connectivity index (χ0n) is 6.50. The number of anilines is 1. The fourth-order valence-electron chi connectivity index (χ4n) is 0.900. The van der Waals surface area contributed by atoms with E-state index < -0.39 is 6.43 Å². The van der Waals surface area contributed by atoms with Crippen LogP contribution < -0.4 is 5.73 Å². The molecular weight excluding hydrogens is 188 g/mol. The summed E-state index contributed by atoms with van der Waals surface area (Å²) in [6, 6.07) is 0. The summed E-state index contributed by atoms with van der Waals surface area (Å²) >= 11 is 0. The van der Waals surface area contributed by atoms with Gasteiger partial charge in [0, 0.05) is 6.54 Å². The van der Waals surface area contributed by atoms with E-state index in [2.05, 4.69) is 5.10 Å². The monoisotopic (exact) mass is 197 g/mol. The lowest BCUT2D eigenvalue weighted by molar-refractivity contribution is 0.140. The van der Waals surface area contributed by atoms with E-state index in [0.29, 0.717) is 6.54 Å². The van der Waals surface area contributed by atoms with Crippen LogP contribution in [0.15, 0.2) is 6.20 Å². The van der Waals surface area contributed by atoms with E-state index in [1.165, 1.54) is 10.9 Å². The summed E-state index contributed by atoms with van der Waals surface area (Å²) in [6.07, 6.45) is -1.30. The quantitative estimate of drug-likeness (QED) is 0.786. The van der Waals surface area contributed by atoms with Crippen LogP contribution in [-0.4, -0.2) is 9.78 Å². The Labute approximate surface area is 75.0 Å². The molecule has 0 amide bonds. The minimum atomic E-state index is -2.54. The van der Waals surface area contributed by atoms with Gasteiger partial charge < -0.3 is 5.73 Å². The van der Waals surface area contributed by atoms with Gasteiger partial charge in [-0.15, -0.1) is 12.4 Å². The molecule has 1 heterocycles. The molecule has 0 saturated heterocycles. The Kier molecular flexibility index (Phi) is 3.95. The smallest absolute Gasteiger partial charge is 0.282 e. The highest BCUT2D eigenvalue weighted by Gasteiger charge is 2.16. The van der Waals surface area contributed by atoms with Crippen molar-refractivity contribution < 1.29 is 8.78 Å². The van der Waals surface area contributed by atoms with Crippen molar-refractivity contribution in [3.63, 3.8) is 0 Å². The fourth-order valence-corrected chi connectivity index (χ4v) is 0.900. The normalized spacial score (nSPS) is 10.0. The first-order valence-electron chi connectivity index (χ1n) is 3.26. The standard InChI is InChI=1S/C6H9F2N3.ClH/c1-2-11-5(6(7)8)4(9)3-10-11;/h3,6H,2,9H2,1H3;1H. The summed E-state index contributed by atoms with van der Waals surface area (Å²) in [7, 11) is 0. The third kappa shape index (κ3) is 1.85. The Morgan fingerprint density at radius 1 is 1.67 bits per heavy atom. The van der Waals surface area contributed by atoms with Gasteiger partial charge in [0.25, 0.3) is 6.43 Å². The van der Waals surface area contributed by atoms with Gasteiger partial charge in [-0.05, 0) is 6.92 Å². The summed E-state index contributed by atoms with van der Waals surface area (Å²) in [5, 5.41) is 3.67.